The summed E-state index contributed by atoms with van der Waals surface area (Å²) < 4.78 is 11.2. The number of carbonyl (C=O) groups is 1. The van der Waals surface area contributed by atoms with E-state index in [9.17, 15) is 4.79 Å². The maximum Gasteiger partial charge on any atom is 0.254 e. The van der Waals surface area contributed by atoms with Gasteiger partial charge in [-0.1, -0.05) is 20.8 Å². The highest BCUT2D eigenvalue weighted by molar-refractivity contribution is 8.00. The number of morpholine rings is 1. The van der Waals surface area contributed by atoms with Crippen molar-refractivity contribution in [1.82, 2.24) is 9.88 Å². The van der Waals surface area contributed by atoms with Crippen molar-refractivity contribution in [1.29, 1.82) is 0 Å². The lowest BCUT2D eigenvalue weighted by atomic mass is 10.2. The van der Waals surface area contributed by atoms with Gasteiger partial charge in [0.15, 0.2) is 0 Å². The Morgan fingerprint density at radius 2 is 2.21 bits per heavy atom. The average molecular weight is 346 g/mol. The first-order valence-electron chi connectivity index (χ1n) is 8.02. The first kappa shape index (κ1) is 17.0. The van der Waals surface area contributed by atoms with E-state index >= 15 is 0 Å². The van der Waals surface area contributed by atoms with Gasteiger partial charge in [-0.2, -0.15) is 0 Å². The topological polar surface area (TPSA) is 55.6 Å². The summed E-state index contributed by atoms with van der Waals surface area (Å²) in [5.74, 6) is 0.763. The maximum atomic E-state index is 12.8. The SMILES string of the molecule is CC(C)(C)Sc1cc(C(=O)N2CCO[C@H](c3ccco3)C2)ccn1. The summed E-state index contributed by atoms with van der Waals surface area (Å²) >= 11 is 1.66. The van der Waals surface area contributed by atoms with Crippen LogP contribution in [0.3, 0.4) is 0 Å². The molecule has 128 valence electrons. The Bertz CT molecular complexity index is 695. The zero-order valence-electron chi connectivity index (χ0n) is 14.2. The molecule has 0 saturated carbocycles. The highest BCUT2D eigenvalue weighted by Crippen LogP contribution is 2.31. The average Bonchev–Trinajstić information content (AvgIpc) is 3.07. The molecule has 1 aliphatic rings. The molecule has 0 radical (unpaired) electrons. The van der Waals surface area contributed by atoms with Crippen LogP contribution < -0.4 is 0 Å². The van der Waals surface area contributed by atoms with E-state index in [-0.39, 0.29) is 16.8 Å². The summed E-state index contributed by atoms with van der Waals surface area (Å²) in [6.07, 6.45) is 3.12. The van der Waals surface area contributed by atoms with Gasteiger partial charge >= 0.3 is 0 Å². The Morgan fingerprint density at radius 3 is 2.92 bits per heavy atom. The largest absolute Gasteiger partial charge is 0.467 e. The third-order valence-electron chi connectivity index (χ3n) is 3.61. The van der Waals surface area contributed by atoms with Gasteiger partial charge in [0.1, 0.15) is 11.9 Å². The minimum absolute atomic E-state index is 0.00742. The summed E-state index contributed by atoms with van der Waals surface area (Å²) in [7, 11) is 0. The highest BCUT2D eigenvalue weighted by Gasteiger charge is 2.28. The number of pyridine rings is 1. The van der Waals surface area contributed by atoms with Crippen LogP contribution in [-0.4, -0.2) is 40.2 Å². The van der Waals surface area contributed by atoms with Crippen molar-refractivity contribution < 1.29 is 13.9 Å². The number of ether oxygens (including phenoxy) is 1. The van der Waals surface area contributed by atoms with E-state index in [1.807, 2.05) is 23.1 Å². The molecule has 2 aromatic heterocycles. The number of hydrogen-bond acceptors (Lipinski definition) is 5. The Hall–Kier alpha value is -1.79. The number of thioether (sulfide) groups is 1. The van der Waals surface area contributed by atoms with Crippen molar-refractivity contribution in [3.05, 3.63) is 48.0 Å². The number of hydrogen-bond donors (Lipinski definition) is 0. The predicted molar refractivity (Wildman–Crippen MR) is 93.2 cm³/mol. The first-order valence-corrected chi connectivity index (χ1v) is 8.83. The number of amides is 1. The lowest BCUT2D eigenvalue weighted by molar-refractivity contribution is -0.0321. The van der Waals surface area contributed by atoms with E-state index in [1.54, 1.807) is 30.3 Å². The van der Waals surface area contributed by atoms with Gasteiger partial charge in [-0.3, -0.25) is 4.79 Å². The van der Waals surface area contributed by atoms with Crippen molar-refractivity contribution >= 4 is 17.7 Å². The number of nitrogens with zero attached hydrogens (tertiary/aromatic N) is 2. The van der Waals surface area contributed by atoms with Crippen LogP contribution in [0, 0.1) is 0 Å². The van der Waals surface area contributed by atoms with Crippen LogP contribution in [0.4, 0.5) is 0 Å². The van der Waals surface area contributed by atoms with Gasteiger partial charge in [0.05, 0.1) is 24.4 Å². The van der Waals surface area contributed by atoms with Crippen LogP contribution in [0.15, 0.2) is 46.2 Å². The molecular weight excluding hydrogens is 324 g/mol. The maximum absolute atomic E-state index is 12.8. The van der Waals surface area contributed by atoms with Crippen LogP contribution in [0.5, 0.6) is 0 Å². The Labute approximate surface area is 146 Å². The second-order valence-electron chi connectivity index (χ2n) is 6.72. The van der Waals surface area contributed by atoms with Gasteiger partial charge < -0.3 is 14.1 Å². The van der Waals surface area contributed by atoms with Gasteiger partial charge in [0.25, 0.3) is 5.91 Å². The third-order valence-corrected chi connectivity index (χ3v) is 4.65. The Balaban J connectivity index is 1.73. The second kappa shape index (κ2) is 6.99. The molecule has 2 aromatic rings. The molecule has 0 bridgehead atoms. The minimum atomic E-state index is -0.206. The summed E-state index contributed by atoms with van der Waals surface area (Å²) in [5, 5.41) is 0.865. The summed E-state index contributed by atoms with van der Waals surface area (Å²) in [6, 6.07) is 7.35. The standard InChI is InChI=1S/C18H22N2O3S/c1-18(2,3)24-16-11-13(6-7-19-16)17(21)20-8-10-23-15(12-20)14-5-4-9-22-14/h4-7,9,11,15H,8,10,12H2,1-3H3/t15-/m0/s1. The molecule has 0 unspecified atom stereocenters. The van der Waals surface area contributed by atoms with Gasteiger partial charge in [-0.05, 0) is 24.3 Å². The van der Waals surface area contributed by atoms with Crippen molar-refractivity contribution in [2.75, 3.05) is 19.7 Å². The van der Waals surface area contributed by atoms with Crippen LogP contribution >= 0.6 is 11.8 Å². The van der Waals surface area contributed by atoms with E-state index < -0.39 is 0 Å². The minimum Gasteiger partial charge on any atom is -0.467 e. The van der Waals surface area contributed by atoms with E-state index in [2.05, 4.69) is 25.8 Å². The Morgan fingerprint density at radius 1 is 1.38 bits per heavy atom. The second-order valence-corrected chi connectivity index (χ2v) is 8.57. The molecule has 1 aliphatic heterocycles. The number of furan rings is 1. The molecular formula is C18H22N2O3S. The third kappa shape index (κ3) is 4.19. The monoisotopic (exact) mass is 346 g/mol. The Kier molecular flexibility index (Phi) is 4.96. The molecule has 24 heavy (non-hydrogen) atoms. The normalized spacial score (nSPS) is 18.6. The molecule has 1 atom stereocenters. The van der Waals surface area contributed by atoms with Crippen LogP contribution in [0.1, 0.15) is 43.0 Å². The summed E-state index contributed by atoms with van der Waals surface area (Å²) in [6.45, 7) is 7.97. The van der Waals surface area contributed by atoms with E-state index in [1.165, 1.54) is 0 Å². The molecule has 3 rings (SSSR count). The molecule has 3 heterocycles. The molecule has 0 spiro atoms. The number of aromatic nitrogens is 1. The molecule has 6 heteroatoms. The molecule has 0 aliphatic carbocycles. The molecule has 1 amide bonds. The quantitative estimate of drug-likeness (QED) is 0.792. The van der Waals surface area contributed by atoms with Crippen LogP contribution in [0.2, 0.25) is 0 Å². The van der Waals surface area contributed by atoms with Crippen LogP contribution in [0.25, 0.3) is 0 Å². The first-order chi connectivity index (χ1) is 11.4. The van der Waals surface area contributed by atoms with Gasteiger partial charge in [0, 0.05) is 23.1 Å². The van der Waals surface area contributed by atoms with Gasteiger partial charge in [-0.15, -0.1) is 11.8 Å². The van der Waals surface area contributed by atoms with E-state index in [0.29, 0.717) is 25.3 Å². The zero-order chi connectivity index (χ0) is 17.2. The fourth-order valence-corrected chi connectivity index (χ4v) is 3.50. The van der Waals surface area contributed by atoms with Crippen molar-refractivity contribution in [2.24, 2.45) is 0 Å². The zero-order valence-corrected chi connectivity index (χ0v) is 15.0. The van der Waals surface area contributed by atoms with E-state index in [0.717, 1.165) is 10.8 Å². The summed E-state index contributed by atoms with van der Waals surface area (Å²) in [4.78, 5) is 19.0. The molecule has 0 N–H and O–H groups in total. The van der Waals surface area contributed by atoms with Crippen molar-refractivity contribution in [2.45, 2.75) is 36.6 Å². The number of carbonyl (C=O) groups excluding carboxylic acids is 1. The van der Waals surface area contributed by atoms with E-state index in [4.69, 9.17) is 9.15 Å². The lowest BCUT2D eigenvalue weighted by Crippen LogP contribution is -2.42. The predicted octanol–water partition coefficient (Wildman–Crippen LogP) is 3.78. The lowest BCUT2D eigenvalue weighted by Gasteiger charge is -2.32. The smallest absolute Gasteiger partial charge is 0.254 e. The van der Waals surface area contributed by atoms with Crippen molar-refractivity contribution in [3.63, 3.8) is 0 Å². The fourth-order valence-electron chi connectivity index (χ4n) is 2.57. The highest BCUT2D eigenvalue weighted by atomic mass is 32.2. The van der Waals surface area contributed by atoms with Gasteiger partial charge in [0.2, 0.25) is 0 Å². The molecule has 0 aromatic carbocycles. The van der Waals surface area contributed by atoms with Crippen LogP contribution in [-0.2, 0) is 4.74 Å². The molecule has 1 saturated heterocycles. The van der Waals surface area contributed by atoms with Gasteiger partial charge in [-0.25, -0.2) is 4.98 Å². The molecule has 1 fully saturated rings. The fraction of sp³-hybridized carbons (Fsp3) is 0.444. The number of rotatable bonds is 3. The summed E-state index contributed by atoms with van der Waals surface area (Å²) in [5.41, 5.74) is 0.664. The van der Waals surface area contributed by atoms with Crippen molar-refractivity contribution in [3.8, 4) is 0 Å². The molecule has 5 nitrogen and oxygen atoms in total.